The van der Waals surface area contributed by atoms with Gasteiger partial charge in [-0.1, -0.05) is 0 Å². The molecule has 0 bridgehead atoms. The number of rotatable bonds is 3. The Bertz CT molecular complexity index is 405. The van der Waals surface area contributed by atoms with E-state index in [4.69, 9.17) is 4.74 Å². The van der Waals surface area contributed by atoms with E-state index in [0.29, 0.717) is 19.6 Å². The number of amides is 1. The Kier molecular flexibility index (Phi) is 4.57. The molecule has 0 radical (unpaired) electrons. The highest BCUT2D eigenvalue weighted by molar-refractivity contribution is 7.87. The van der Waals surface area contributed by atoms with Crippen LogP contribution in [0, 0.1) is 0 Å². The van der Waals surface area contributed by atoms with Crippen molar-refractivity contribution in [3.63, 3.8) is 0 Å². The summed E-state index contributed by atoms with van der Waals surface area (Å²) < 4.78 is 32.1. The van der Waals surface area contributed by atoms with Crippen molar-refractivity contribution >= 4 is 16.3 Å². The second kappa shape index (κ2) is 5.41. The molecule has 1 rings (SSSR count). The van der Waals surface area contributed by atoms with E-state index in [1.807, 2.05) is 4.72 Å². The van der Waals surface area contributed by atoms with Gasteiger partial charge in [0, 0.05) is 25.2 Å². The van der Waals surface area contributed by atoms with Gasteiger partial charge in [-0.25, -0.2) is 9.52 Å². The van der Waals surface area contributed by atoms with E-state index in [0.717, 1.165) is 0 Å². The highest BCUT2D eigenvalue weighted by Crippen LogP contribution is 2.19. The van der Waals surface area contributed by atoms with Crippen molar-refractivity contribution in [3.05, 3.63) is 0 Å². The number of piperazine rings is 1. The molecule has 0 aromatic carbocycles. The summed E-state index contributed by atoms with van der Waals surface area (Å²) in [5.74, 6) is 0. The Morgan fingerprint density at radius 3 is 2.56 bits per heavy atom. The molecule has 7 nitrogen and oxygen atoms in total. The molecule has 1 fully saturated rings. The van der Waals surface area contributed by atoms with Gasteiger partial charge in [-0.2, -0.15) is 12.7 Å². The number of ether oxygens (including phenoxy) is 1. The summed E-state index contributed by atoms with van der Waals surface area (Å²) in [4.78, 5) is 11.4. The summed E-state index contributed by atoms with van der Waals surface area (Å²) in [7, 11) is -3.87. The first-order valence-corrected chi connectivity index (χ1v) is 7.31. The smallest absolute Gasteiger partial charge is 0.422 e. The van der Waals surface area contributed by atoms with Crippen LogP contribution in [0.15, 0.2) is 0 Å². The highest BCUT2D eigenvalue weighted by atomic mass is 32.2. The van der Waals surface area contributed by atoms with Crippen LogP contribution in [0.25, 0.3) is 0 Å². The normalized spacial score (nSPS) is 20.7. The fourth-order valence-electron chi connectivity index (χ4n) is 1.81. The van der Waals surface area contributed by atoms with Gasteiger partial charge in [0.25, 0.3) is 0 Å². The van der Waals surface area contributed by atoms with E-state index in [-0.39, 0.29) is 6.10 Å². The molecule has 0 spiro atoms. The number of nitrogens with one attached hydrogen (secondary N) is 2. The number of hydrogen-bond donors (Lipinski definition) is 2. The van der Waals surface area contributed by atoms with Crippen LogP contribution in [0.2, 0.25) is 0 Å². The highest BCUT2D eigenvalue weighted by Gasteiger charge is 2.39. The zero-order valence-corrected chi connectivity index (χ0v) is 12.0. The van der Waals surface area contributed by atoms with E-state index < -0.39 is 21.8 Å². The fraction of sp³-hybridized carbons (Fsp3) is 0.900. The van der Waals surface area contributed by atoms with Gasteiger partial charge in [-0.3, -0.25) is 0 Å². The summed E-state index contributed by atoms with van der Waals surface area (Å²) in [5, 5.41) is 3.11. The predicted octanol–water partition coefficient (Wildman–Crippen LogP) is 0.0496. The minimum Gasteiger partial charge on any atom is -0.446 e. The molecule has 1 saturated heterocycles. The molecule has 0 atom stereocenters. The molecule has 0 aromatic rings. The first-order valence-electron chi connectivity index (χ1n) is 5.87. The summed E-state index contributed by atoms with van der Waals surface area (Å²) in [6.45, 7) is 8.31. The second-order valence-electron chi connectivity index (χ2n) is 5.12. The Labute approximate surface area is 108 Å². The third-order valence-electron chi connectivity index (χ3n) is 2.57. The molecule has 0 aromatic heterocycles. The Hall–Kier alpha value is -0.860. The molecule has 1 aliphatic heterocycles. The predicted molar refractivity (Wildman–Crippen MR) is 67.3 cm³/mol. The summed E-state index contributed by atoms with van der Waals surface area (Å²) >= 11 is 0. The SMILES string of the molecule is CC(C)OC(=O)NS(=O)(=O)N1CCNCC1(C)C. The topological polar surface area (TPSA) is 87.7 Å². The van der Waals surface area contributed by atoms with Crippen molar-refractivity contribution in [1.29, 1.82) is 0 Å². The minimum atomic E-state index is -3.87. The van der Waals surface area contributed by atoms with Crippen LogP contribution in [-0.4, -0.2) is 50.1 Å². The quantitative estimate of drug-likeness (QED) is 0.762. The zero-order chi connectivity index (χ0) is 14.0. The molecule has 1 amide bonds. The van der Waals surface area contributed by atoms with E-state index in [2.05, 4.69) is 5.32 Å². The lowest BCUT2D eigenvalue weighted by molar-refractivity contribution is 0.119. The maximum absolute atomic E-state index is 12.1. The first kappa shape index (κ1) is 15.2. The Morgan fingerprint density at radius 1 is 1.44 bits per heavy atom. The Morgan fingerprint density at radius 2 is 2.06 bits per heavy atom. The second-order valence-corrected chi connectivity index (χ2v) is 6.72. The first-order chi connectivity index (χ1) is 8.15. The van der Waals surface area contributed by atoms with Crippen molar-refractivity contribution in [2.75, 3.05) is 19.6 Å². The lowest BCUT2D eigenvalue weighted by atomic mass is 10.0. The molecule has 1 aliphatic rings. The van der Waals surface area contributed by atoms with Crippen LogP contribution in [-0.2, 0) is 14.9 Å². The van der Waals surface area contributed by atoms with Gasteiger partial charge in [0.2, 0.25) is 0 Å². The van der Waals surface area contributed by atoms with Gasteiger partial charge in [0.05, 0.1) is 6.10 Å². The third-order valence-corrected chi connectivity index (χ3v) is 4.25. The van der Waals surface area contributed by atoms with Crippen molar-refractivity contribution in [2.24, 2.45) is 0 Å². The standard InChI is InChI=1S/C10H21N3O4S/c1-8(2)17-9(14)12-18(15,16)13-6-5-11-7-10(13,3)4/h8,11H,5-7H2,1-4H3,(H,12,14). The van der Waals surface area contributed by atoms with E-state index in [9.17, 15) is 13.2 Å². The average molecular weight is 279 g/mol. The van der Waals surface area contributed by atoms with Crippen LogP contribution >= 0.6 is 0 Å². The van der Waals surface area contributed by atoms with Crippen molar-refractivity contribution in [1.82, 2.24) is 14.3 Å². The van der Waals surface area contributed by atoms with Crippen LogP contribution in [0.3, 0.4) is 0 Å². The van der Waals surface area contributed by atoms with Crippen LogP contribution in [0.4, 0.5) is 4.79 Å². The maximum Gasteiger partial charge on any atom is 0.422 e. The molecular weight excluding hydrogens is 258 g/mol. The van der Waals surface area contributed by atoms with E-state index >= 15 is 0 Å². The number of carbonyl (C=O) groups is 1. The van der Waals surface area contributed by atoms with Gasteiger partial charge in [-0.05, 0) is 27.7 Å². The van der Waals surface area contributed by atoms with Crippen molar-refractivity contribution < 1.29 is 17.9 Å². The van der Waals surface area contributed by atoms with Crippen LogP contribution in [0.1, 0.15) is 27.7 Å². The number of nitrogens with zero attached hydrogens (tertiary/aromatic N) is 1. The van der Waals surface area contributed by atoms with Gasteiger partial charge >= 0.3 is 16.3 Å². The lowest BCUT2D eigenvalue weighted by Gasteiger charge is -2.40. The van der Waals surface area contributed by atoms with E-state index in [1.54, 1.807) is 27.7 Å². The maximum atomic E-state index is 12.1. The van der Waals surface area contributed by atoms with Gasteiger partial charge < -0.3 is 10.1 Å². The molecule has 8 heteroatoms. The summed E-state index contributed by atoms with van der Waals surface area (Å²) in [6.07, 6.45) is -1.31. The van der Waals surface area contributed by atoms with Crippen molar-refractivity contribution in [2.45, 2.75) is 39.3 Å². The monoisotopic (exact) mass is 279 g/mol. The molecule has 2 N–H and O–H groups in total. The molecule has 0 saturated carbocycles. The summed E-state index contributed by atoms with van der Waals surface area (Å²) in [6, 6.07) is 0. The zero-order valence-electron chi connectivity index (χ0n) is 11.2. The molecule has 0 aliphatic carbocycles. The van der Waals surface area contributed by atoms with Gasteiger partial charge in [0.15, 0.2) is 0 Å². The molecule has 1 heterocycles. The average Bonchev–Trinajstić information content (AvgIpc) is 2.13. The molecular formula is C10H21N3O4S. The molecule has 106 valence electrons. The van der Waals surface area contributed by atoms with Crippen LogP contribution < -0.4 is 10.0 Å². The fourth-order valence-corrected chi connectivity index (χ4v) is 3.23. The van der Waals surface area contributed by atoms with Gasteiger partial charge in [0.1, 0.15) is 0 Å². The molecule has 18 heavy (non-hydrogen) atoms. The largest absolute Gasteiger partial charge is 0.446 e. The van der Waals surface area contributed by atoms with Crippen LogP contribution in [0.5, 0.6) is 0 Å². The Balaban J connectivity index is 2.76. The lowest BCUT2D eigenvalue weighted by Crippen LogP contribution is -2.62. The summed E-state index contributed by atoms with van der Waals surface area (Å²) in [5.41, 5.74) is -0.581. The van der Waals surface area contributed by atoms with Gasteiger partial charge in [-0.15, -0.1) is 0 Å². The third kappa shape index (κ3) is 3.82. The van der Waals surface area contributed by atoms with E-state index in [1.165, 1.54) is 4.31 Å². The molecule has 0 unspecified atom stereocenters. The van der Waals surface area contributed by atoms with Crippen molar-refractivity contribution in [3.8, 4) is 0 Å². The minimum absolute atomic E-state index is 0.317. The number of hydrogen-bond acceptors (Lipinski definition) is 5. The number of carbonyl (C=O) groups excluding carboxylic acids is 1.